The highest BCUT2D eigenvalue weighted by atomic mass is 31.1. The van der Waals surface area contributed by atoms with Crippen molar-refractivity contribution in [2.24, 2.45) is 0 Å². The van der Waals surface area contributed by atoms with E-state index in [1.165, 1.54) is 76.5 Å². The minimum absolute atomic E-state index is 0.156. The maximum atomic E-state index is 2.55. The number of benzene rings is 8. The molecule has 0 fully saturated rings. The van der Waals surface area contributed by atoms with Crippen LogP contribution in [0.1, 0.15) is 54.3 Å². The van der Waals surface area contributed by atoms with Gasteiger partial charge in [-0.2, -0.15) is 0 Å². The lowest BCUT2D eigenvalue weighted by Crippen LogP contribution is -2.20. The molecule has 0 nitrogen and oxygen atoms in total. The third kappa shape index (κ3) is 4.65. The predicted octanol–water partition coefficient (Wildman–Crippen LogP) is 14.4. The van der Waals surface area contributed by atoms with Crippen LogP contribution in [0.15, 0.2) is 146 Å². The molecule has 242 valence electrons. The van der Waals surface area contributed by atoms with Crippen molar-refractivity contribution in [2.75, 3.05) is 0 Å². The van der Waals surface area contributed by atoms with Gasteiger partial charge in [-0.05, 0) is 105 Å². The van der Waals surface area contributed by atoms with Gasteiger partial charge in [0.05, 0.1) is 0 Å². The van der Waals surface area contributed by atoms with Crippen LogP contribution in [0.2, 0.25) is 0 Å². The molecule has 2 aliphatic rings. The molecule has 8 aromatic carbocycles. The molecule has 2 heteroatoms. The summed E-state index contributed by atoms with van der Waals surface area (Å²) in [6.45, 7) is 7.59. The Morgan fingerprint density at radius 3 is 1.42 bits per heavy atom. The minimum Gasteiger partial charge on any atom is -0.109 e. The fourth-order valence-electron chi connectivity index (χ4n) is 9.22. The monoisotopic (exact) mass is 678 g/mol. The van der Waals surface area contributed by atoms with Gasteiger partial charge in [-0.15, -0.1) is 8.58 Å². The van der Waals surface area contributed by atoms with Crippen LogP contribution in [0.25, 0.3) is 65.3 Å². The first-order chi connectivity index (χ1) is 24.5. The normalized spacial score (nSPS) is 19.1. The Kier molecular flexibility index (Phi) is 7.07. The van der Waals surface area contributed by atoms with Crippen LogP contribution in [0.4, 0.5) is 0 Å². The van der Waals surface area contributed by atoms with Gasteiger partial charge in [0.1, 0.15) is 0 Å². The summed E-state index contributed by atoms with van der Waals surface area (Å²) in [7, 11) is 0.295. The summed E-state index contributed by atoms with van der Waals surface area (Å²) in [5.74, 6) is 0. The van der Waals surface area contributed by atoms with Crippen molar-refractivity contribution in [2.45, 2.75) is 49.6 Å². The first-order valence-electron chi connectivity index (χ1n) is 18.0. The molecule has 10 rings (SSSR count). The standard InChI is InChI=1S/C48H40P2/c1-48(2,3)50-29-35-23-21-31-13-5-9-17-37(31)43(35)45-39-19-11-7-15-33(39)25-27-41(45)47(50)46-40-26-24-32-14-6-10-18-38(32)44(40)42-34(28-49-46)22-20-30-12-4-8-16-36(30)42/h4-27,46-47,49H,28-29H2,1-3H3. The molecule has 2 aliphatic heterocycles. The summed E-state index contributed by atoms with van der Waals surface area (Å²) in [6, 6.07) is 56.0. The third-order valence-corrected chi connectivity index (χ3v) is 17.1. The van der Waals surface area contributed by atoms with Gasteiger partial charge in [-0.1, -0.05) is 174 Å². The van der Waals surface area contributed by atoms with Crippen molar-refractivity contribution in [3.63, 3.8) is 0 Å². The van der Waals surface area contributed by atoms with Crippen LogP contribution in [-0.4, -0.2) is 5.16 Å². The Labute approximate surface area is 298 Å². The maximum absolute atomic E-state index is 2.55. The highest BCUT2D eigenvalue weighted by molar-refractivity contribution is 7.59. The molecular weight excluding hydrogens is 638 g/mol. The van der Waals surface area contributed by atoms with Crippen LogP contribution >= 0.6 is 16.5 Å². The van der Waals surface area contributed by atoms with Crippen LogP contribution in [0, 0.1) is 0 Å². The second-order valence-corrected chi connectivity index (χ2v) is 19.8. The summed E-state index contributed by atoms with van der Waals surface area (Å²) in [5.41, 5.74) is 12.9. The second-order valence-electron chi connectivity index (χ2n) is 15.2. The molecule has 2 heterocycles. The average molecular weight is 679 g/mol. The SMILES string of the molecule is CC(C)(C)P1Cc2ccc3ccccc3c2-c2c(ccc3ccccc23)C1C1PCc2ccc3ccccc3c2-c2c1ccc1ccccc21. The van der Waals surface area contributed by atoms with Gasteiger partial charge >= 0.3 is 0 Å². The average Bonchev–Trinajstić information content (AvgIpc) is 3.41. The van der Waals surface area contributed by atoms with E-state index in [1.807, 2.05) is 0 Å². The highest BCUT2D eigenvalue weighted by Gasteiger charge is 2.43. The summed E-state index contributed by atoms with van der Waals surface area (Å²) in [4.78, 5) is 0. The van der Waals surface area contributed by atoms with Crippen molar-refractivity contribution in [1.29, 1.82) is 0 Å². The van der Waals surface area contributed by atoms with Gasteiger partial charge in [0.25, 0.3) is 0 Å². The topological polar surface area (TPSA) is 0 Å². The van der Waals surface area contributed by atoms with E-state index in [2.05, 4.69) is 166 Å². The van der Waals surface area contributed by atoms with E-state index in [0.29, 0.717) is 11.3 Å². The zero-order chi connectivity index (χ0) is 33.6. The van der Waals surface area contributed by atoms with E-state index in [9.17, 15) is 0 Å². The van der Waals surface area contributed by atoms with Gasteiger partial charge in [0, 0.05) is 11.3 Å². The van der Waals surface area contributed by atoms with Crippen LogP contribution in [0.3, 0.4) is 0 Å². The zero-order valence-corrected chi connectivity index (χ0v) is 30.8. The van der Waals surface area contributed by atoms with E-state index in [4.69, 9.17) is 0 Å². The summed E-state index contributed by atoms with van der Waals surface area (Å²) in [6.07, 6.45) is 2.24. The highest BCUT2D eigenvalue weighted by Crippen LogP contribution is 2.73. The molecule has 0 aromatic heterocycles. The van der Waals surface area contributed by atoms with Crippen molar-refractivity contribution in [3.05, 3.63) is 168 Å². The van der Waals surface area contributed by atoms with Gasteiger partial charge in [-0.3, -0.25) is 0 Å². The van der Waals surface area contributed by atoms with Crippen molar-refractivity contribution < 1.29 is 0 Å². The molecule has 0 bridgehead atoms. The number of hydrogen-bond acceptors (Lipinski definition) is 0. The van der Waals surface area contributed by atoms with Gasteiger partial charge in [0.15, 0.2) is 0 Å². The first-order valence-corrected chi connectivity index (χ1v) is 20.9. The minimum atomic E-state index is -0.493. The zero-order valence-electron chi connectivity index (χ0n) is 28.9. The molecule has 0 spiro atoms. The summed E-state index contributed by atoms with van der Waals surface area (Å²) >= 11 is 0. The van der Waals surface area contributed by atoms with E-state index in [-0.39, 0.29) is 5.16 Å². The number of fused-ring (bicyclic) bond motifs is 14. The molecule has 0 saturated carbocycles. The predicted molar refractivity (Wildman–Crippen MR) is 222 cm³/mol. The van der Waals surface area contributed by atoms with Crippen LogP contribution in [-0.2, 0) is 12.3 Å². The molecule has 4 atom stereocenters. The molecule has 4 unspecified atom stereocenters. The van der Waals surface area contributed by atoms with Gasteiger partial charge in [-0.25, -0.2) is 0 Å². The third-order valence-electron chi connectivity index (χ3n) is 11.5. The van der Waals surface area contributed by atoms with Gasteiger partial charge in [0.2, 0.25) is 0 Å². The molecule has 0 N–H and O–H groups in total. The molecule has 0 saturated heterocycles. The lowest BCUT2D eigenvalue weighted by molar-refractivity contribution is 0.748. The largest absolute Gasteiger partial charge is 0.109 e. The lowest BCUT2D eigenvalue weighted by Gasteiger charge is -2.42. The van der Waals surface area contributed by atoms with Crippen molar-refractivity contribution in [3.8, 4) is 22.3 Å². The molecule has 0 radical (unpaired) electrons. The van der Waals surface area contributed by atoms with E-state index in [1.54, 1.807) is 11.1 Å². The Morgan fingerprint density at radius 2 is 0.880 bits per heavy atom. The fraction of sp³-hybridized carbons (Fsp3) is 0.167. The number of hydrogen-bond donors (Lipinski definition) is 0. The Morgan fingerprint density at radius 1 is 0.460 bits per heavy atom. The molecular formula is C48H40P2. The lowest BCUT2D eigenvalue weighted by atomic mass is 9.83. The van der Waals surface area contributed by atoms with Crippen molar-refractivity contribution in [1.82, 2.24) is 0 Å². The van der Waals surface area contributed by atoms with Crippen LogP contribution < -0.4 is 0 Å². The van der Waals surface area contributed by atoms with E-state index >= 15 is 0 Å². The van der Waals surface area contributed by atoms with E-state index in [0.717, 1.165) is 20.9 Å². The second kappa shape index (κ2) is 11.6. The van der Waals surface area contributed by atoms with E-state index < -0.39 is 7.92 Å². The first kappa shape index (κ1) is 30.5. The van der Waals surface area contributed by atoms with Crippen molar-refractivity contribution >= 4 is 59.6 Å². The summed E-state index contributed by atoms with van der Waals surface area (Å²) < 4.78 is 0. The summed E-state index contributed by atoms with van der Waals surface area (Å²) in [5, 5.41) is 11.0. The maximum Gasteiger partial charge on any atom is 0.0162 e. The number of rotatable bonds is 1. The van der Waals surface area contributed by atoms with Gasteiger partial charge < -0.3 is 0 Å². The molecule has 0 amide bonds. The molecule has 0 aliphatic carbocycles. The fourth-order valence-corrected chi connectivity index (χ4v) is 14.9. The quantitative estimate of drug-likeness (QED) is 0.152. The Hall–Kier alpha value is -4.34. The Balaban J connectivity index is 1.32. The molecule has 8 aromatic rings. The molecule has 50 heavy (non-hydrogen) atoms. The van der Waals surface area contributed by atoms with Crippen LogP contribution in [0.5, 0.6) is 0 Å². The smallest absolute Gasteiger partial charge is 0.0162 e. The Bertz CT molecular complexity index is 2640.